The van der Waals surface area contributed by atoms with Crippen LogP contribution in [-0.4, -0.2) is 32.9 Å². The number of hydrogen-bond donors (Lipinski definition) is 4. The van der Waals surface area contributed by atoms with E-state index in [1.807, 2.05) is 12.1 Å². The van der Waals surface area contributed by atoms with Crippen molar-refractivity contribution >= 4 is 35.0 Å². The number of amidine groups is 1. The van der Waals surface area contributed by atoms with Gasteiger partial charge in [0.2, 0.25) is 0 Å². The molecule has 1 aromatic carbocycles. The molecule has 6 N–H and O–H groups in total. The Morgan fingerprint density at radius 3 is 2.70 bits per heavy atom. The van der Waals surface area contributed by atoms with Crippen LogP contribution in [0.1, 0.15) is 41.7 Å². The molecule has 0 spiro atoms. The van der Waals surface area contributed by atoms with Gasteiger partial charge in [-0.05, 0) is 43.4 Å². The van der Waals surface area contributed by atoms with Crippen LogP contribution in [0.5, 0.6) is 5.75 Å². The molecular weight excluding hydrogens is 368 g/mol. The van der Waals surface area contributed by atoms with Gasteiger partial charge in [0.15, 0.2) is 22.5 Å². The SMILES string of the molecule is Nc1nc(N)c(C(=O)NC2=N[C@@H](CCCc3ccc(O)cc3)CC2)nc1Cl. The van der Waals surface area contributed by atoms with E-state index in [9.17, 15) is 9.90 Å². The molecule has 8 nitrogen and oxygen atoms in total. The number of nitrogens with one attached hydrogen (secondary N) is 1. The number of aryl methyl sites for hydroxylation is 1. The number of aromatic nitrogens is 2. The maximum atomic E-state index is 12.3. The molecule has 2 heterocycles. The van der Waals surface area contributed by atoms with Crippen molar-refractivity contribution < 1.29 is 9.90 Å². The first kappa shape index (κ1) is 18.9. The van der Waals surface area contributed by atoms with E-state index in [0.29, 0.717) is 12.3 Å². The minimum absolute atomic E-state index is 0.0161. The molecule has 3 rings (SSSR count). The monoisotopic (exact) mass is 388 g/mol. The van der Waals surface area contributed by atoms with Crippen LogP contribution in [-0.2, 0) is 6.42 Å². The van der Waals surface area contributed by atoms with Crippen LogP contribution in [0.25, 0.3) is 0 Å². The molecule has 142 valence electrons. The third-order valence-electron chi connectivity index (χ3n) is 4.37. The van der Waals surface area contributed by atoms with Gasteiger partial charge in [-0.1, -0.05) is 23.7 Å². The van der Waals surface area contributed by atoms with Gasteiger partial charge in [0.05, 0.1) is 6.04 Å². The van der Waals surface area contributed by atoms with Crippen molar-refractivity contribution in [1.82, 2.24) is 15.3 Å². The molecule has 1 aromatic heterocycles. The van der Waals surface area contributed by atoms with E-state index in [0.717, 1.165) is 25.7 Å². The third-order valence-corrected chi connectivity index (χ3v) is 4.65. The number of carbonyl (C=O) groups excluding carboxylic acids is 1. The first-order chi connectivity index (χ1) is 12.9. The van der Waals surface area contributed by atoms with E-state index < -0.39 is 5.91 Å². The first-order valence-corrected chi connectivity index (χ1v) is 9.04. The number of nitrogens with zero attached hydrogens (tertiary/aromatic N) is 3. The van der Waals surface area contributed by atoms with E-state index in [2.05, 4.69) is 20.3 Å². The van der Waals surface area contributed by atoms with Crippen LogP contribution in [0.2, 0.25) is 5.15 Å². The number of halogens is 1. The molecule has 1 amide bonds. The highest BCUT2D eigenvalue weighted by Gasteiger charge is 2.22. The minimum Gasteiger partial charge on any atom is -0.508 e. The van der Waals surface area contributed by atoms with Gasteiger partial charge in [-0.2, -0.15) is 0 Å². The lowest BCUT2D eigenvalue weighted by Gasteiger charge is -2.07. The predicted molar refractivity (Wildman–Crippen MR) is 105 cm³/mol. The summed E-state index contributed by atoms with van der Waals surface area (Å²) in [6.07, 6.45) is 4.40. The molecule has 0 radical (unpaired) electrons. The summed E-state index contributed by atoms with van der Waals surface area (Å²) in [4.78, 5) is 24.6. The quantitative estimate of drug-likeness (QED) is 0.619. The van der Waals surface area contributed by atoms with Crippen LogP contribution in [0.3, 0.4) is 0 Å². The summed E-state index contributed by atoms with van der Waals surface area (Å²) in [5.41, 5.74) is 12.3. The summed E-state index contributed by atoms with van der Waals surface area (Å²) in [5.74, 6) is 0.303. The van der Waals surface area contributed by atoms with Crippen LogP contribution in [0, 0.1) is 0 Å². The largest absolute Gasteiger partial charge is 0.508 e. The van der Waals surface area contributed by atoms with E-state index in [1.165, 1.54) is 5.56 Å². The minimum atomic E-state index is -0.495. The maximum Gasteiger partial charge on any atom is 0.279 e. The van der Waals surface area contributed by atoms with Gasteiger partial charge in [-0.25, -0.2) is 9.97 Å². The van der Waals surface area contributed by atoms with E-state index >= 15 is 0 Å². The Balaban J connectivity index is 1.52. The number of benzene rings is 1. The fourth-order valence-corrected chi connectivity index (χ4v) is 3.09. The average molecular weight is 389 g/mol. The smallest absolute Gasteiger partial charge is 0.279 e. The fraction of sp³-hybridized carbons (Fsp3) is 0.333. The van der Waals surface area contributed by atoms with Gasteiger partial charge >= 0.3 is 0 Å². The molecule has 1 aliphatic heterocycles. The van der Waals surface area contributed by atoms with Gasteiger partial charge < -0.3 is 21.9 Å². The maximum absolute atomic E-state index is 12.3. The number of anilines is 2. The van der Waals surface area contributed by atoms with Crippen LogP contribution in [0.4, 0.5) is 11.6 Å². The Kier molecular flexibility index (Phi) is 5.75. The number of nitrogens with two attached hydrogens (primary N) is 2. The highest BCUT2D eigenvalue weighted by Crippen LogP contribution is 2.20. The lowest BCUT2D eigenvalue weighted by atomic mass is 10.0. The molecule has 0 aliphatic carbocycles. The van der Waals surface area contributed by atoms with Crippen LogP contribution >= 0.6 is 11.6 Å². The molecule has 0 bridgehead atoms. The number of amides is 1. The van der Waals surface area contributed by atoms with E-state index in [1.54, 1.807) is 12.1 Å². The zero-order chi connectivity index (χ0) is 19.4. The van der Waals surface area contributed by atoms with Crippen LogP contribution < -0.4 is 16.8 Å². The average Bonchev–Trinajstić information content (AvgIpc) is 3.07. The molecule has 9 heteroatoms. The number of hydrogen-bond acceptors (Lipinski definition) is 7. The number of phenolic OH excluding ortho intramolecular Hbond substituents is 1. The summed E-state index contributed by atoms with van der Waals surface area (Å²) in [6, 6.07) is 7.39. The molecule has 0 fully saturated rings. The molecule has 2 aromatic rings. The molecule has 27 heavy (non-hydrogen) atoms. The van der Waals surface area contributed by atoms with E-state index in [4.69, 9.17) is 23.1 Å². The predicted octanol–water partition coefficient (Wildman–Crippen LogP) is 2.31. The summed E-state index contributed by atoms with van der Waals surface area (Å²) < 4.78 is 0. The van der Waals surface area contributed by atoms with Crippen LogP contribution in [0.15, 0.2) is 29.3 Å². The Bertz CT molecular complexity index is 869. The highest BCUT2D eigenvalue weighted by molar-refractivity contribution is 6.31. The molecule has 1 aliphatic rings. The Hall–Kier alpha value is -2.87. The Morgan fingerprint density at radius 2 is 1.96 bits per heavy atom. The normalized spacial score (nSPS) is 16.2. The topological polar surface area (TPSA) is 140 Å². The zero-order valence-electron chi connectivity index (χ0n) is 14.7. The molecular formula is C18H21ClN6O2. The Labute approximate surface area is 161 Å². The van der Waals surface area contributed by atoms with Crippen molar-refractivity contribution in [2.24, 2.45) is 4.99 Å². The summed E-state index contributed by atoms with van der Waals surface area (Å²) in [6.45, 7) is 0. The second-order valence-corrected chi connectivity index (χ2v) is 6.77. The van der Waals surface area contributed by atoms with Crippen molar-refractivity contribution in [3.8, 4) is 5.75 Å². The third kappa shape index (κ3) is 4.85. The molecule has 0 saturated heterocycles. The Morgan fingerprint density at radius 1 is 1.22 bits per heavy atom. The van der Waals surface area contributed by atoms with Crippen molar-refractivity contribution in [3.05, 3.63) is 40.7 Å². The lowest BCUT2D eigenvalue weighted by Crippen LogP contribution is -2.31. The van der Waals surface area contributed by atoms with Gasteiger partial charge in [-0.15, -0.1) is 0 Å². The second kappa shape index (κ2) is 8.22. The lowest BCUT2D eigenvalue weighted by molar-refractivity contribution is 0.0972. The number of carbonyl (C=O) groups is 1. The van der Waals surface area contributed by atoms with Crippen molar-refractivity contribution in [1.29, 1.82) is 0 Å². The first-order valence-electron chi connectivity index (χ1n) is 8.67. The van der Waals surface area contributed by atoms with E-state index in [-0.39, 0.29) is 34.3 Å². The van der Waals surface area contributed by atoms with Gasteiger partial charge in [-0.3, -0.25) is 9.79 Å². The van der Waals surface area contributed by atoms with Crippen molar-refractivity contribution in [2.75, 3.05) is 11.5 Å². The van der Waals surface area contributed by atoms with Gasteiger partial charge in [0, 0.05) is 6.42 Å². The molecule has 1 atom stereocenters. The highest BCUT2D eigenvalue weighted by atomic mass is 35.5. The number of phenols is 1. The summed E-state index contributed by atoms with van der Waals surface area (Å²) in [7, 11) is 0. The number of aliphatic imine (C=N–C) groups is 1. The number of rotatable bonds is 5. The standard InChI is InChI=1S/C18H21ClN6O2/c19-15-17(21)25-16(20)14(24-15)18(27)23-13-9-6-11(22-13)3-1-2-10-4-7-12(26)8-5-10/h4-5,7-8,11,26H,1-3,6,9H2,(H4,20,21,25)(H,22,23,27)/t11-/m0/s1. The zero-order valence-corrected chi connectivity index (χ0v) is 15.4. The fourth-order valence-electron chi connectivity index (χ4n) is 2.96. The number of aromatic hydroxyl groups is 1. The van der Waals surface area contributed by atoms with Crippen molar-refractivity contribution in [3.63, 3.8) is 0 Å². The van der Waals surface area contributed by atoms with Gasteiger partial charge in [0.25, 0.3) is 5.91 Å². The second-order valence-electron chi connectivity index (χ2n) is 6.41. The number of nitrogen functional groups attached to an aromatic ring is 2. The van der Waals surface area contributed by atoms with Crippen molar-refractivity contribution in [2.45, 2.75) is 38.1 Å². The summed E-state index contributed by atoms with van der Waals surface area (Å²) in [5, 5.41) is 12.0. The molecule has 0 saturated carbocycles. The molecule has 0 unspecified atom stereocenters. The van der Waals surface area contributed by atoms with Gasteiger partial charge in [0.1, 0.15) is 11.6 Å². The summed E-state index contributed by atoms with van der Waals surface area (Å²) >= 11 is 5.81.